The Hall–Kier alpha value is -3.10. The van der Waals surface area contributed by atoms with Gasteiger partial charge in [0.25, 0.3) is 0 Å². The van der Waals surface area contributed by atoms with E-state index >= 15 is 0 Å². The number of aryl methyl sites for hydroxylation is 1. The SMILES string of the molecule is NCC1OC(OC/C=C/c2ccc3ccccc3c2)C(N)C(OCCCc2ccc3ccccc3c2)C1O. The van der Waals surface area contributed by atoms with Crippen molar-refractivity contribution < 1.29 is 19.3 Å². The number of rotatable bonds is 10. The number of nitrogens with two attached hydrogens (primary N) is 2. The first-order chi connectivity index (χ1) is 18.6. The van der Waals surface area contributed by atoms with Crippen molar-refractivity contribution in [1.29, 1.82) is 0 Å². The van der Waals surface area contributed by atoms with Gasteiger partial charge in [-0.15, -0.1) is 0 Å². The van der Waals surface area contributed by atoms with E-state index < -0.39 is 30.6 Å². The summed E-state index contributed by atoms with van der Waals surface area (Å²) in [6.07, 6.45) is 2.76. The second-order valence-corrected chi connectivity index (χ2v) is 9.81. The van der Waals surface area contributed by atoms with Crippen LogP contribution in [0.1, 0.15) is 17.5 Å². The van der Waals surface area contributed by atoms with Gasteiger partial charge >= 0.3 is 0 Å². The quantitative estimate of drug-likeness (QED) is 0.272. The third-order valence-electron chi connectivity index (χ3n) is 7.13. The Morgan fingerprint density at radius 3 is 2.26 bits per heavy atom. The Bertz CT molecular complexity index is 1370. The maximum absolute atomic E-state index is 10.8. The van der Waals surface area contributed by atoms with Crippen molar-refractivity contribution in [2.45, 2.75) is 43.5 Å². The lowest BCUT2D eigenvalue weighted by Gasteiger charge is -2.42. The molecule has 0 saturated carbocycles. The van der Waals surface area contributed by atoms with Crippen LogP contribution in [0.15, 0.2) is 91.0 Å². The van der Waals surface area contributed by atoms with Gasteiger partial charge in [0.2, 0.25) is 0 Å². The molecule has 4 aromatic rings. The molecule has 6 nitrogen and oxygen atoms in total. The predicted octanol–water partition coefficient (Wildman–Crippen LogP) is 4.41. The van der Waals surface area contributed by atoms with Crippen LogP contribution in [0.2, 0.25) is 0 Å². The highest BCUT2D eigenvalue weighted by Crippen LogP contribution is 2.24. The maximum atomic E-state index is 10.8. The average Bonchev–Trinajstić information content (AvgIpc) is 2.95. The van der Waals surface area contributed by atoms with E-state index in [0.29, 0.717) is 13.2 Å². The van der Waals surface area contributed by atoms with Gasteiger partial charge in [0.1, 0.15) is 18.3 Å². The summed E-state index contributed by atoms with van der Waals surface area (Å²) in [5, 5.41) is 15.6. The highest BCUT2D eigenvalue weighted by Gasteiger charge is 2.44. The molecule has 6 heteroatoms. The van der Waals surface area contributed by atoms with Crippen LogP contribution in [-0.4, -0.2) is 55.5 Å². The molecule has 198 valence electrons. The molecular formula is C32H36N2O4. The van der Waals surface area contributed by atoms with Crippen LogP contribution in [0, 0.1) is 0 Å². The van der Waals surface area contributed by atoms with E-state index in [-0.39, 0.29) is 6.54 Å². The summed E-state index contributed by atoms with van der Waals surface area (Å²) in [6, 6.07) is 28.8. The number of ether oxygens (including phenoxy) is 3. The summed E-state index contributed by atoms with van der Waals surface area (Å²) < 4.78 is 17.9. The zero-order valence-electron chi connectivity index (χ0n) is 21.5. The summed E-state index contributed by atoms with van der Waals surface area (Å²) in [4.78, 5) is 0. The van der Waals surface area contributed by atoms with Crippen LogP contribution in [0.4, 0.5) is 0 Å². The molecule has 5 atom stereocenters. The normalized spacial score (nSPS) is 23.9. The zero-order valence-corrected chi connectivity index (χ0v) is 21.5. The molecule has 4 aromatic carbocycles. The molecule has 5 unspecified atom stereocenters. The fourth-order valence-corrected chi connectivity index (χ4v) is 5.03. The van der Waals surface area contributed by atoms with E-state index in [0.717, 1.165) is 18.4 Å². The van der Waals surface area contributed by atoms with Crippen LogP contribution in [0.25, 0.3) is 27.6 Å². The van der Waals surface area contributed by atoms with E-state index in [9.17, 15) is 5.11 Å². The lowest BCUT2D eigenvalue weighted by molar-refractivity contribution is -0.261. The Balaban J connectivity index is 1.13. The third kappa shape index (κ3) is 6.30. The van der Waals surface area contributed by atoms with Crippen LogP contribution in [0.3, 0.4) is 0 Å². The molecule has 0 spiro atoms. The van der Waals surface area contributed by atoms with E-state index in [1.165, 1.54) is 27.1 Å². The van der Waals surface area contributed by atoms with Gasteiger partial charge in [-0.25, -0.2) is 0 Å². The van der Waals surface area contributed by atoms with Gasteiger partial charge in [-0.3, -0.25) is 0 Å². The molecule has 0 radical (unpaired) electrons. The first kappa shape index (κ1) is 26.5. The molecular weight excluding hydrogens is 476 g/mol. The molecule has 38 heavy (non-hydrogen) atoms. The topological polar surface area (TPSA) is 100.0 Å². The molecule has 0 aliphatic carbocycles. The van der Waals surface area contributed by atoms with Crippen molar-refractivity contribution >= 4 is 27.6 Å². The minimum Gasteiger partial charge on any atom is -0.388 e. The van der Waals surface area contributed by atoms with Crippen LogP contribution in [-0.2, 0) is 20.6 Å². The largest absolute Gasteiger partial charge is 0.388 e. The summed E-state index contributed by atoms with van der Waals surface area (Å²) in [5.41, 5.74) is 14.6. The van der Waals surface area contributed by atoms with Gasteiger partial charge < -0.3 is 30.8 Å². The summed E-state index contributed by atoms with van der Waals surface area (Å²) in [5.74, 6) is 0. The van der Waals surface area contributed by atoms with Crippen molar-refractivity contribution in [1.82, 2.24) is 0 Å². The van der Waals surface area contributed by atoms with Crippen molar-refractivity contribution in [3.63, 3.8) is 0 Å². The first-order valence-corrected chi connectivity index (χ1v) is 13.3. The fourth-order valence-electron chi connectivity index (χ4n) is 5.03. The van der Waals surface area contributed by atoms with E-state index in [2.05, 4.69) is 66.7 Å². The summed E-state index contributed by atoms with van der Waals surface area (Å²) in [7, 11) is 0. The molecule has 5 N–H and O–H groups in total. The minimum absolute atomic E-state index is 0.150. The monoisotopic (exact) mass is 512 g/mol. The second kappa shape index (κ2) is 12.6. The van der Waals surface area contributed by atoms with Gasteiger partial charge in [0, 0.05) is 13.2 Å². The van der Waals surface area contributed by atoms with E-state index in [1.54, 1.807) is 0 Å². The summed E-state index contributed by atoms with van der Waals surface area (Å²) >= 11 is 0. The Labute approximate surface area is 223 Å². The predicted molar refractivity (Wildman–Crippen MR) is 153 cm³/mol. The van der Waals surface area contributed by atoms with Gasteiger partial charge in [-0.2, -0.15) is 0 Å². The zero-order chi connectivity index (χ0) is 26.3. The number of aliphatic hydroxyl groups is 1. The molecule has 1 heterocycles. The minimum atomic E-state index is -0.913. The van der Waals surface area contributed by atoms with Crippen LogP contribution < -0.4 is 11.5 Å². The van der Waals surface area contributed by atoms with Crippen molar-refractivity contribution in [2.75, 3.05) is 19.8 Å². The molecule has 5 rings (SSSR count). The Kier molecular flexibility index (Phi) is 8.81. The highest BCUT2D eigenvalue weighted by molar-refractivity contribution is 5.84. The fraction of sp³-hybridized carbons (Fsp3) is 0.312. The number of hydrogen-bond donors (Lipinski definition) is 3. The molecule has 1 saturated heterocycles. The van der Waals surface area contributed by atoms with Gasteiger partial charge in [0.05, 0.1) is 12.6 Å². The molecule has 1 aliphatic heterocycles. The number of benzene rings is 4. The van der Waals surface area contributed by atoms with Gasteiger partial charge in [0.15, 0.2) is 6.29 Å². The van der Waals surface area contributed by atoms with Gasteiger partial charge in [-0.05, 0) is 51.6 Å². The molecule has 1 fully saturated rings. The van der Waals surface area contributed by atoms with E-state index in [1.807, 2.05) is 30.4 Å². The van der Waals surface area contributed by atoms with Crippen molar-refractivity contribution in [3.8, 4) is 0 Å². The van der Waals surface area contributed by atoms with Crippen LogP contribution >= 0.6 is 0 Å². The van der Waals surface area contributed by atoms with E-state index in [4.69, 9.17) is 25.7 Å². The number of fused-ring (bicyclic) bond motifs is 2. The number of aliphatic hydroxyl groups excluding tert-OH is 1. The third-order valence-corrected chi connectivity index (χ3v) is 7.13. The number of hydrogen-bond acceptors (Lipinski definition) is 6. The smallest absolute Gasteiger partial charge is 0.176 e. The molecule has 1 aliphatic rings. The average molecular weight is 513 g/mol. The maximum Gasteiger partial charge on any atom is 0.176 e. The highest BCUT2D eigenvalue weighted by atomic mass is 16.7. The lowest BCUT2D eigenvalue weighted by Crippen LogP contribution is -2.64. The standard InChI is InChI=1S/C32H36N2O4/c33-21-28-30(35)31(36-17-5-7-22-13-15-24-9-1-3-11-26(24)19-22)29(34)32(38-28)37-18-6-8-23-14-16-25-10-2-4-12-27(25)20-23/h1-4,6,8-16,19-20,28-32,35H,5,7,17-18,21,33-34H2/b8-6+. The lowest BCUT2D eigenvalue weighted by atomic mass is 9.97. The van der Waals surface area contributed by atoms with Crippen LogP contribution in [0.5, 0.6) is 0 Å². The molecule has 0 aromatic heterocycles. The Morgan fingerprint density at radius 2 is 1.53 bits per heavy atom. The second-order valence-electron chi connectivity index (χ2n) is 9.81. The van der Waals surface area contributed by atoms with Gasteiger partial charge in [-0.1, -0.05) is 91.0 Å². The molecule has 0 bridgehead atoms. The first-order valence-electron chi connectivity index (χ1n) is 13.3. The van der Waals surface area contributed by atoms with Crippen molar-refractivity contribution in [3.05, 3.63) is 102 Å². The summed E-state index contributed by atoms with van der Waals surface area (Å²) in [6.45, 7) is 0.930. The van der Waals surface area contributed by atoms with Crippen molar-refractivity contribution in [2.24, 2.45) is 11.5 Å². The molecule has 0 amide bonds. The Morgan fingerprint density at radius 1 is 0.842 bits per heavy atom.